The number of hydrogen-bond donors (Lipinski definition) is 2. The van der Waals surface area contributed by atoms with Gasteiger partial charge < -0.3 is 29.2 Å². The first kappa shape index (κ1) is 28.7. The van der Waals surface area contributed by atoms with Crippen molar-refractivity contribution >= 4 is 22.5 Å². The average Bonchev–Trinajstić information content (AvgIpc) is 3.63. The summed E-state index contributed by atoms with van der Waals surface area (Å²) < 4.78 is 63.9. The number of hydrogen-bond acceptors (Lipinski definition) is 6. The fourth-order valence-corrected chi connectivity index (χ4v) is 5.00. The number of nitrogens with zero attached hydrogens (tertiary/aromatic N) is 5. The SMILES string of the molecule is CN1CC[C@H](F)[C@H](Nc2cccc3c2cc(-c2noc(CNC(=O)c4ccn(C(C)(C)C)c4)n2)n3CC(F)(F)F)C1. The van der Waals surface area contributed by atoms with Gasteiger partial charge in [0.15, 0.2) is 0 Å². The molecule has 220 valence electrons. The topological polar surface area (TPSA) is 93.2 Å². The van der Waals surface area contributed by atoms with Crippen LogP contribution in [-0.2, 0) is 18.6 Å². The van der Waals surface area contributed by atoms with E-state index >= 15 is 0 Å². The van der Waals surface area contributed by atoms with Crippen LogP contribution in [0.1, 0.15) is 43.4 Å². The van der Waals surface area contributed by atoms with Gasteiger partial charge in [0.25, 0.3) is 5.91 Å². The number of aromatic nitrogens is 4. The Labute approximate surface area is 234 Å². The fraction of sp³-hybridized carbons (Fsp3) is 0.464. The van der Waals surface area contributed by atoms with Gasteiger partial charge in [0.1, 0.15) is 12.7 Å². The number of nitrogens with one attached hydrogen (secondary N) is 2. The molecule has 1 amide bonds. The molecule has 0 saturated carbocycles. The van der Waals surface area contributed by atoms with Gasteiger partial charge in [-0.05, 0) is 58.5 Å². The third kappa shape index (κ3) is 6.39. The molecule has 41 heavy (non-hydrogen) atoms. The van der Waals surface area contributed by atoms with Crippen LogP contribution in [0, 0.1) is 0 Å². The minimum Gasteiger partial charge on any atom is -0.378 e. The van der Waals surface area contributed by atoms with Crippen molar-refractivity contribution in [1.29, 1.82) is 0 Å². The molecule has 1 fully saturated rings. The maximum Gasteiger partial charge on any atom is 0.406 e. The molecular formula is C28H33F4N7O2. The molecule has 2 N–H and O–H groups in total. The van der Waals surface area contributed by atoms with Crippen molar-refractivity contribution in [2.75, 3.05) is 25.5 Å². The second-order valence-electron chi connectivity index (χ2n) is 11.5. The van der Waals surface area contributed by atoms with E-state index in [2.05, 4.69) is 20.8 Å². The van der Waals surface area contributed by atoms with Crippen molar-refractivity contribution in [1.82, 2.24) is 29.5 Å². The number of benzene rings is 1. The van der Waals surface area contributed by atoms with E-state index in [0.717, 1.165) is 4.57 Å². The zero-order chi connectivity index (χ0) is 29.5. The number of piperidine rings is 1. The molecule has 3 aromatic heterocycles. The number of amides is 1. The van der Waals surface area contributed by atoms with Gasteiger partial charge >= 0.3 is 6.18 Å². The zero-order valence-corrected chi connectivity index (χ0v) is 23.3. The van der Waals surface area contributed by atoms with E-state index in [4.69, 9.17) is 4.52 Å². The summed E-state index contributed by atoms with van der Waals surface area (Å²) in [6, 6.07) is 7.65. The number of carbonyl (C=O) groups is 1. The summed E-state index contributed by atoms with van der Waals surface area (Å²) in [5.74, 6) is -0.370. The summed E-state index contributed by atoms with van der Waals surface area (Å²) in [7, 11) is 1.90. The second kappa shape index (κ2) is 10.8. The van der Waals surface area contributed by atoms with Crippen LogP contribution in [0.15, 0.2) is 47.2 Å². The second-order valence-corrected chi connectivity index (χ2v) is 11.5. The molecule has 13 heteroatoms. The summed E-state index contributed by atoms with van der Waals surface area (Å²) in [5.41, 5.74) is 1.16. The third-order valence-electron chi connectivity index (χ3n) is 7.18. The Kier molecular flexibility index (Phi) is 7.58. The van der Waals surface area contributed by atoms with E-state index in [1.54, 1.807) is 36.5 Å². The number of rotatable bonds is 7. The molecule has 0 spiro atoms. The quantitative estimate of drug-likeness (QED) is 0.295. The van der Waals surface area contributed by atoms with Crippen LogP contribution in [0.3, 0.4) is 0 Å². The van der Waals surface area contributed by atoms with Gasteiger partial charge in [0, 0.05) is 42.1 Å². The van der Waals surface area contributed by atoms with Gasteiger partial charge in [-0.2, -0.15) is 18.2 Å². The standard InChI is InChI=1S/C28H33F4N7O2/c1-27(2,3)38-11-8-17(14-38)26(40)33-13-24-35-25(36-41-24)23-12-18-20(34-21-15-37(4)10-9-19(21)29)6-5-7-22(18)39(23)16-28(30,31)32/h5-8,11-12,14,19,21,34H,9-10,13,15-16H2,1-4H3,(H,33,40)/t19-,21+/m0/s1. The molecule has 0 radical (unpaired) electrons. The number of anilines is 1. The summed E-state index contributed by atoms with van der Waals surface area (Å²) in [6.45, 7) is 5.76. The maximum absolute atomic E-state index is 14.7. The van der Waals surface area contributed by atoms with E-state index in [1.165, 1.54) is 0 Å². The Morgan fingerprint density at radius 3 is 2.68 bits per heavy atom. The highest BCUT2D eigenvalue weighted by Gasteiger charge is 2.32. The molecule has 0 aliphatic carbocycles. The minimum absolute atomic E-state index is 0.0382. The van der Waals surface area contributed by atoms with Gasteiger partial charge in [-0.1, -0.05) is 11.2 Å². The first-order valence-electron chi connectivity index (χ1n) is 13.4. The van der Waals surface area contributed by atoms with Gasteiger partial charge in [0.05, 0.1) is 29.4 Å². The van der Waals surface area contributed by atoms with E-state index in [9.17, 15) is 22.4 Å². The maximum atomic E-state index is 14.7. The summed E-state index contributed by atoms with van der Waals surface area (Å²) in [4.78, 5) is 18.9. The van der Waals surface area contributed by atoms with Crippen molar-refractivity contribution in [2.45, 2.75) is 64.2 Å². The van der Waals surface area contributed by atoms with Crippen molar-refractivity contribution in [2.24, 2.45) is 0 Å². The predicted octanol–water partition coefficient (Wildman–Crippen LogP) is 5.19. The van der Waals surface area contributed by atoms with Crippen LogP contribution in [0.2, 0.25) is 0 Å². The Morgan fingerprint density at radius 2 is 1.98 bits per heavy atom. The lowest BCUT2D eigenvalue weighted by atomic mass is 10.0. The molecule has 1 aromatic carbocycles. The minimum atomic E-state index is -4.52. The number of likely N-dealkylation sites (tertiary alicyclic amines) is 1. The number of halogens is 4. The molecule has 1 saturated heterocycles. The Bertz CT molecular complexity index is 1530. The van der Waals surface area contributed by atoms with Gasteiger partial charge in [-0.15, -0.1) is 0 Å². The Balaban J connectivity index is 1.40. The first-order valence-corrected chi connectivity index (χ1v) is 13.4. The molecular weight excluding hydrogens is 542 g/mol. The van der Waals surface area contributed by atoms with Gasteiger partial charge in [-0.3, -0.25) is 4.79 Å². The number of likely N-dealkylation sites (N-methyl/N-ethyl adjacent to an activating group) is 1. The number of fused-ring (bicyclic) bond motifs is 1. The van der Waals surface area contributed by atoms with Crippen LogP contribution >= 0.6 is 0 Å². The van der Waals surface area contributed by atoms with Crippen LogP contribution in [-0.4, -0.2) is 68.6 Å². The van der Waals surface area contributed by atoms with E-state index in [-0.39, 0.29) is 35.4 Å². The number of alkyl halides is 4. The highest BCUT2D eigenvalue weighted by atomic mass is 19.4. The summed E-state index contributed by atoms with van der Waals surface area (Å²) in [6.07, 6.45) is -1.70. The molecule has 5 rings (SSSR count). The third-order valence-corrected chi connectivity index (χ3v) is 7.18. The van der Waals surface area contributed by atoms with Crippen molar-refractivity contribution in [3.8, 4) is 11.5 Å². The van der Waals surface area contributed by atoms with Crippen molar-refractivity contribution in [3.05, 3.63) is 54.2 Å². The lowest BCUT2D eigenvalue weighted by Crippen LogP contribution is -2.47. The van der Waals surface area contributed by atoms with Crippen LogP contribution in [0.5, 0.6) is 0 Å². The Hall–Kier alpha value is -3.87. The molecule has 4 aromatic rings. The lowest BCUT2D eigenvalue weighted by molar-refractivity contribution is -0.139. The highest BCUT2D eigenvalue weighted by molar-refractivity contribution is 5.96. The molecule has 9 nitrogen and oxygen atoms in total. The normalized spacial score (nSPS) is 18.6. The highest BCUT2D eigenvalue weighted by Crippen LogP contribution is 2.35. The summed E-state index contributed by atoms with van der Waals surface area (Å²) >= 11 is 0. The Morgan fingerprint density at radius 1 is 1.20 bits per heavy atom. The average molecular weight is 576 g/mol. The smallest absolute Gasteiger partial charge is 0.378 e. The molecule has 1 aliphatic rings. The molecule has 0 bridgehead atoms. The molecule has 0 unspecified atom stereocenters. The number of carbonyl (C=O) groups excluding carboxylic acids is 1. The molecule has 1 aliphatic heterocycles. The van der Waals surface area contributed by atoms with Gasteiger partial charge in [-0.25, -0.2) is 4.39 Å². The van der Waals surface area contributed by atoms with Crippen LogP contribution in [0.25, 0.3) is 22.4 Å². The van der Waals surface area contributed by atoms with Crippen LogP contribution < -0.4 is 10.6 Å². The zero-order valence-electron chi connectivity index (χ0n) is 23.3. The first-order chi connectivity index (χ1) is 19.3. The predicted molar refractivity (Wildman–Crippen MR) is 146 cm³/mol. The molecule has 4 heterocycles. The van der Waals surface area contributed by atoms with Crippen molar-refractivity contribution < 1.29 is 26.9 Å². The summed E-state index contributed by atoms with van der Waals surface area (Å²) in [5, 5.41) is 10.3. The van der Waals surface area contributed by atoms with Gasteiger partial charge in [0.2, 0.25) is 11.7 Å². The van der Waals surface area contributed by atoms with E-state index < -0.39 is 24.9 Å². The fourth-order valence-electron chi connectivity index (χ4n) is 5.00. The lowest BCUT2D eigenvalue weighted by Gasteiger charge is -2.33. The molecule has 2 atom stereocenters. The van der Waals surface area contributed by atoms with E-state index in [0.29, 0.717) is 41.7 Å². The van der Waals surface area contributed by atoms with Crippen molar-refractivity contribution in [3.63, 3.8) is 0 Å². The largest absolute Gasteiger partial charge is 0.406 e. The van der Waals surface area contributed by atoms with Crippen LogP contribution in [0.4, 0.5) is 23.2 Å². The monoisotopic (exact) mass is 575 g/mol. The van der Waals surface area contributed by atoms with E-state index in [1.807, 2.05) is 43.5 Å².